The summed E-state index contributed by atoms with van der Waals surface area (Å²) in [7, 11) is 0. The molecule has 0 saturated heterocycles. The first-order valence-corrected chi connectivity index (χ1v) is 5.97. The van der Waals surface area contributed by atoms with Crippen LogP contribution in [0.25, 0.3) is 0 Å². The van der Waals surface area contributed by atoms with E-state index in [4.69, 9.17) is 0 Å². The molecular formula is C12H17S. The summed E-state index contributed by atoms with van der Waals surface area (Å²) in [6.45, 7) is 4.53. The van der Waals surface area contributed by atoms with Gasteiger partial charge in [0.05, 0.1) is 5.38 Å². The van der Waals surface area contributed by atoms with E-state index in [2.05, 4.69) is 30.7 Å². The molecule has 1 aromatic rings. The smallest absolute Gasteiger partial charge is 0.0538 e. The third kappa shape index (κ3) is 3.95. The van der Waals surface area contributed by atoms with Crippen molar-refractivity contribution in [3.05, 3.63) is 22.4 Å². The van der Waals surface area contributed by atoms with Gasteiger partial charge in [-0.2, -0.15) is 0 Å². The van der Waals surface area contributed by atoms with E-state index in [1.807, 2.05) is 0 Å². The molecule has 71 valence electrons. The van der Waals surface area contributed by atoms with Gasteiger partial charge in [-0.15, -0.1) is 11.3 Å². The molecule has 1 atom stereocenters. The van der Waals surface area contributed by atoms with Crippen molar-refractivity contribution in [2.24, 2.45) is 5.92 Å². The summed E-state index contributed by atoms with van der Waals surface area (Å²) in [6, 6.07) is 3.12. The van der Waals surface area contributed by atoms with Gasteiger partial charge in [0.15, 0.2) is 0 Å². The molecule has 0 aromatic carbocycles. The second-order valence-corrected chi connectivity index (χ2v) is 4.14. The van der Waals surface area contributed by atoms with Crippen LogP contribution in [0.5, 0.6) is 0 Å². The monoisotopic (exact) mass is 193 g/mol. The molecule has 1 aromatic heterocycles. The number of hydrogen-bond donors (Lipinski definition) is 0. The lowest BCUT2D eigenvalue weighted by atomic mass is 9.93. The molecule has 1 rings (SSSR count). The normalized spacial score (nSPS) is 13.1. The van der Waals surface area contributed by atoms with Gasteiger partial charge >= 0.3 is 0 Å². The van der Waals surface area contributed by atoms with Gasteiger partial charge in [-0.3, -0.25) is 0 Å². The van der Waals surface area contributed by atoms with Crippen molar-refractivity contribution in [2.45, 2.75) is 46.0 Å². The summed E-state index contributed by atoms with van der Waals surface area (Å²) in [6.07, 6.45) is 6.44. The van der Waals surface area contributed by atoms with E-state index in [1.54, 1.807) is 0 Å². The lowest BCUT2D eigenvalue weighted by Crippen LogP contribution is -2.02. The molecule has 0 saturated carbocycles. The maximum atomic E-state index is 3.21. The van der Waals surface area contributed by atoms with Gasteiger partial charge in [-0.1, -0.05) is 39.5 Å². The van der Waals surface area contributed by atoms with Crippen LogP contribution in [-0.2, 0) is 6.42 Å². The minimum absolute atomic E-state index is 0.829. The molecule has 0 nitrogen and oxygen atoms in total. The van der Waals surface area contributed by atoms with Gasteiger partial charge in [-0.25, -0.2) is 0 Å². The molecule has 3 radical (unpaired) electrons. The second-order valence-electron chi connectivity index (χ2n) is 3.53. The number of hydrogen-bond acceptors (Lipinski definition) is 1. The Morgan fingerprint density at radius 2 is 2.23 bits per heavy atom. The van der Waals surface area contributed by atoms with E-state index in [-0.39, 0.29) is 0 Å². The van der Waals surface area contributed by atoms with Gasteiger partial charge in [0, 0.05) is 11.4 Å². The molecule has 0 bridgehead atoms. The van der Waals surface area contributed by atoms with Crippen LogP contribution in [0, 0.1) is 22.7 Å². The van der Waals surface area contributed by atoms with Crippen LogP contribution in [-0.4, -0.2) is 0 Å². The molecule has 0 aliphatic rings. The minimum atomic E-state index is 0.829. The zero-order valence-electron chi connectivity index (χ0n) is 8.52. The van der Waals surface area contributed by atoms with Crippen molar-refractivity contribution in [3.8, 4) is 0 Å². The van der Waals surface area contributed by atoms with Gasteiger partial charge in [0.1, 0.15) is 0 Å². The molecule has 0 spiro atoms. The minimum Gasteiger partial charge on any atom is -0.132 e. The zero-order chi connectivity index (χ0) is 9.52. The highest BCUT2D eigenvalue weighted by Crippen LogP contribution is 2.18. The third-order valence-corrected chi connectivity index (χ3v) is 3.02. The van der Waals surface area contributed by atoms with E-state index in [1.165, 1.54) is 42.6 Å². The van der Waals surface area contributed by atoms with Gasteiger partial charge < -0.3 is 0 Å². The Hall–Kier alpha value is -0.300. The first-order chi connectivity index (χ1) is 6.36. The second kappa shape index (κ2) is 6.20. The summed E-state index contributed by atoms with van der Waals surface area (Å²) in [4.78, 5) is 0. The topological polar surface area (TPSA) is 0 Å². The van der Waals surface area contributed by atoms with E-state index in [9.17, 15) is 0 Å². The Morgan fingerprint density at radius 1 is 1.38 bits per heavy atom. The molecule has 0 amide bonds. The molecule has 13 heavy (non-hydrogen) atoms. The first kappa shape index (κ1) is 10.8. The summed E-state index contributed by atoms with van der Waals surface area (Å²) in [5.74, 6) is 0.829. The zero-order valence-corrected chi connectivity index (χ0v) is 9.34. The van der Waals surface area contributed by atoms with Crippen molar-refractivity contribution in [2.75, 3.05) is 0 Å². The standard InChI is InChI=1S/C12H17S/c1-3-5-6-11(4-2)9-12-7-8-13-10-12/h11H,3-6,9H2,1-2H3. The highest BCUT2D eigenvalue weighted by Gasteiger charge is 2.07. The lowest BCUT2D eigenvalue weighted by molar-refractivity contribution is 0.449. The fourth-order valence-electron chi connectivity index (χ4n) is 1.52. The average Bonchev–Trinajstić information content (AvgIpc) is 2.64. The summed E-state index contributed by atoms with van der Waals surface area (Å²) < 4.78 is 0. The van der Waals surface area contributed by atoms with Gasteiger partial charge in [-0.05, 0) is 17.9 Å². The Labute approximate surface area is 86.0 Å². The van der Waals surface area contributed by atoms with Crippen molar-refractivity contribution in [1.82, 2.24) is 0 Å². The summed E-state index contributed by atoms with van der Waals surface area (Å²) >= 11 is 1.51. The molecule has 0 aliphatic carbocycles. The predicted molar refractivity (Wildman–Crippen MR) is 57.8 cm³/mol. The largest absolute Gasteiger partial charge is 0.132 e. The van der Waals surface area contributed by atoms with E-state index in [0.717, 1.165) is 12.3 Å². The van der Waals surface area contributed by atoms with E-state index >= 15 is 0 Å². The molecule has 1 heterocycles. The molecule has 0 fully saturated rings. The van der Waals surface area contributed by atoms with Crippen LogP contribution in [0.4, 0.5) is 0 Å². The molecule has 1 unspecified atom stereocenters. The fraction of sp³-hybridized carbons (Fsp3) is 0.667. The Bertz CT molecular complexity index is 201. The summed E-state index contributed by atoms with van der Waals surface area (Å²) in [5.41, 5.74) is 1.23. The van der Waals surface area contributed by atoms with Gasteiger partial charge in [0.25, 0.3) is 0 Å². The molecule has 0 aliphatic heterocycles. The van der Waals surface area contributed by atoms with Crippen molar-refractivity contribution in [3.63, 3.8) is 0 Å². The average molecular weight is 193 g/mol. The van der Waals surface area contributed by atoms with Crippen LogP contribution >= 0.6 is 11.3 Å². The highest BCUT2D eigenvalue weighted by atomic mass is 32.1. The first-order valence-electron chi connectivity index (χ1n) is 5.15. The van der Waals surface area contributed by atoms with Crippen LogP contribution in [0.2, 0.25) is 0 Å². The van der Waals surface area contributed by atoms with E-state index in [0.29, 0.717) is 0 Å². The number of unbranched alkanes of at least 4 members (excludes halogenated alkanes) is 1. The quantitative estimate of drug-likeness (QED) is 0.642. The SMILES string of the molecule is CCCCC(CC)Cc1[c][c]s[c]1. The van der Waals surface area contributed by atoms with Crippen LogP contribution in [0.1, 0.15) is 45.1 Å². The Morgan fingerprint density at radius 3 is 2.77 bits per heavy atom. The Kier molecular flexibility index (Phi) is 5.14. The van der Waals surface area contributed by atoms with Crippen LogP contribution < -0.4 is 0 Å². The van der Waals surface area contributed by atoms with Crippen LogP contribution in [0.15, 0.2) is 0 Å². The van der Waals surface area contributed by atoms with Crippen molar-refractivity contribution >= 4 is 11.3 Å². The maximum Gasteiger partial charge on any atom is 0.0538 e. The molecule has 0 N–H and O–H groups in total. The third-order valence-electron chi connectivity index (χ3n) is 2.46. The van der Waals surface area contributed by atoms with Crippen molar-refractivity contribution in [1.29, 1.82) is 0 Å². The Balaban J connectivity index is 2.31. The van der Waals surface area contributed by atoms with Crippen molar-refractivity contribution < 1.29 is 0 Å². The fourth-order valence-corrected chi connectivity index (χ4v) is 2.01. The lowest BCUT2D eigenvalue weighted by Gasteiger charge is -2.12. The molecule has 1 heteroatoms. The van der Waals surface area contributed by atoms with E-state index < -0.39 is 0 Å². The number of thiophene rings is 1. The summed E-state index contributed by atoms with van der Waals surface area (Å²) in [5, 5.41) is 6.19. The maximum absolute atomic E-state index is 3.21. The molecular weight excluding hydrogens is 176 g/mol. The number of rotatable bonds is 6. The highest BCUT2D eigenvalue weighted by molar-refractivity contribution is 7.06. The van der Waals surface area contributed by atoms with Gasteiger partial charge in [0.2, 0.25) is 0 Å². The predicted octanol–water partition coefficient (Wildman–Crippen LogP) is 3.91. The van der Waals surface area contributed by atoms with Crippen LogP contribution in [0.3, 0.4) is 0 Å².